The first-order valence-electron chi connectivity index (χ1n) is 26.5. The molecule has 4 amide bonds. The fourth-order valence-electron chi connectivity index (χ4n) is 11.4. The van der Waals surface area contributed by atoms with Crippen LogP contribution in [0.25, 0.3) is 11.3 Å². The predicted molar refractivity (Wildman–Crippen MR) is 284 cm³/mol. The Morgan fingerprint density at radius 3 is 2.17 bits per heavy atom. The van der Waals surface area contributed by atoms with Crippen molar-refractivity contribution in [3.63, 3.8) is 0 Å². The van der Waals surface area contributed by atoms with Crippen molar-refractivity contribution >= 4 is 35.0 Å². The Balaban J connectivity index is 0.826. The highest BCUT2D eigenvalue weighted by molar-refractivity contribution is 6.08. The largest absolute Gasteiger partial charge is 0.378 e. The van der Waals surface area contributed by atoms with E-state index in [-0.39, 0.29) is 35.1 Å². The van der Waals surface area contributed by atoms with Gasteiger partial charge in [-0.3, -0.25) is 24.2 Å². The van der Waals surface area contributed by atoms with Crippen molar-refractivity contribution in [3.8, 4) is 11.3 Å². The van der Waals surface area contributed by atoms with Gasteiger partial charge in [0.05, 0.1) is 57.1 Å². The second kappa shape index (κ2) is 26.3. The normalized spacial score (nSPS) is 20.3. The summed E-state index contributed by atoms with van der Waals surface area (Å²) in [5, 5.41) is 9.51. The van der Waals surface area contributed by atoms with Crippen molar-refractivity contribution in [2.24, 2.45) is 23.2 Å². The number of benzene rings is 3. The van der Waals surface area contributed by atoms with Crippen LogP contribution < -0.4 is 20.9 Å². The topological polar surface area (TPSA) is 155 Å². The van der Waals surface area contributed by atoms with Crippen molar-refractivity contribution in [2.45, 2.75) is 85.1 Å². The molecule has 3 aliphatic carbocycles. The van der Waals surface area contributed by atoms with Gasteiger partial charge in [-0.15, -0.1) is 0 Å². The number of amides is 4. The molecule has 2 saturated carbocycles. The predicted octanol–water partition coefficient (Wildman–Crippen LogP) is 8.68. The number of hydrogen-bond acceptors (Lipinski definition) is 10. The average Bonchev–Trinajstić information content (AvgIpc) is 3.38. The molecule has 0 saturated heterocycles. The van der Waals surface area contributed by atoms with Gasteiger partial charge in [-0.05, 0) is 150 Å². The molecule has 14 heteroatoms. The van der Waals surface area contributed by atoms with Crippen molar-refractivity contribution in [1.29, 1.82) is 0 Å². The third kappa shape index (κ3) is 14.5. The number of pyridine rings is 1. The van der Waals surface area contributed by atoms with Crippen LogP contribution in [0.4, 0.5) is 11.4 Å². The van der Waals surface area contributed by atoms with Crippen LogP contribution in [0.1, 0.15) is 121 Å². The Bertz CT molecular complexity index is 2420. The number of carbonyl (C=O) groups is 4. The van der Waals surface area contributed by atoms with Gasteiger partial charge in [-0.2, -0.15) is 0 Å². The number of rotatable bonds is 25. The Labute approximate surface area is 427 Å². The number of aromatic nitrogens is 1. The zero-order valence-electron chi connectivity index (χ0n) is 43.7. The maximum atomic E-state index is 14.0. The van der Waals surface area contributed by atoms with Crippen LogP contribution in [-0.4, -0.2) is 131 Å². The minimum atomic E-state index is -0.371. The molecule has 3 aliphatic rings. The number of nitrogens with zero attached hydrogens (tertiary/aromatic N) is 4. The zero-order valence-corrected chi connectivity index (χ0v) is 43.7. The Morgan fingerprint density at radius 1 is 0.722 bits per heavy atom. The van der Waals surface area contributed by atoms with Gasteiger partial charge >= 0.3 is 0 Å². The average molecular weight is 986 g/mol. The van der Waals surface area contributed by atoms with Crippen molar-refractivity contribution in [3.05, 3.63) is 113 Å². The van der Waals surface area contributed by atoms with E-state index in [1.54, 1.807) is 54.5 Å². The van der Waals surface area contributed by atoms with Crippen LogP contribution in [-0.2, 0) is 25.4 Å². The first kappa shape index (κ1) is 54.1. The van der Waals surface area contributed by atoms with Crippen molar-refractivity contribution < 1.29 is 33.4 Å². The number of nitrogens with one attached hydrogen (secondary N) is 3. The summed E-state index contributed by atoms with van der Waals surface area (Å²) in [5.74, 6) is 1.39. The lowest BCUT2D eigenvalue weighted by atomic mass is 9.56. The van der Waals surface area contributed by atoms with Gasteiger partial charge in [0.25, 0.3) is 17.7 Å². The summed E-state index contributed by atoms with van der Waals surface area (Å²) in [6.07, 6.45) is 10.1. The van der Waals surface area contributed by atoms with Crippen molar-refractivity contribution in [2.75, 3.05) is 103 Å². The number of likely N-dealkylation sites (N-methyl/N-ethyl adjacent to an activating group) is 2. The van der Waals surface area contributed by atoms with E-state index >= 15 is 0 Å². The van der Waals surface area contributed by atoms with Gasteiger partial charge < -0.3 is 44.9 Å². The molecule has 0 radical (unpaired) electrons. The highest BCUT2D eigenvalue weighted by Crippen LogP contribution is 2.53. The fraction of sp³-hybridized carbons (Fsp3) is 0.534. The second-order valence-corrected chi connectivity index (χ2v) is 20.5. The lowest BCUT2D eigenvalue weighted by molar-refractivity contribution is -0.139. The fourth-order valence-corrected chi connectivity index (χ4v) is 11.4. The second-order valence-electron chi connectivity index (χ2n) is 20.5. The Kier molecular flexibility index (Phi) is 19.8. The zero-order chi connectivity index (χ0) is 51.0. The third-order valence-electron chi connectivity index (χ3n) is 14.9. The number of ether oxygens (including phenoxy) is 3. The Hall–Kier alpha value is -5.67. The molecule has 7 rings (SSSR count). The standard InChI is InChI=1S/C58H79N7O7/c1-7-65(8-2)48-19-20-52(50(37-48)53-36-46(21-22-59-53)55(67)61-51-18-12-14-44-13-9-10-17-49(44)51)62-54(66)45-15-11-16-47(35-45)56(68)64(6)25-24-63(5)26-28-71-30-32-72-31-29-70-27-23-60-57(69)58-38-41(3)33-43(40-58)34-42(4)39-58/h9-11,13,15-17,19-22,35-37,41-43,51H,7-8,12,14,18,23-34,38-40H2,1-6H3,(H,60,69)(H,61,67)(H,62,66). The quantitative estimate of drug-likeness (QED) is 0.0550. The van der Waals surface area contributed by atoms with Gasteiger partial charge in [0.1, 0.15) is 0 Å². The van der Waals surface area contributed by atoms with E-state index in [9.17, 15) is 19.2 Å². The molecule has 2 fully saturated rings. The lowest BCUT2D eigenvalue weighted by Gasteiger charge is -2.48. The molecule has 3 atom stereocenters. The summed E-state index contributed by atoms with van der Waals surface area (Å²) >= 11 is 0. The number of anilines is 2. The van der Waals surface area contributed by atoms with Gasteiger partial charge in [0.2, 0.25) is 5.91 Å². The van der Waals surface area contributed by atoms with Crippen LogP contribution in [0.2, 0.25) is 0 Å². The smallest absolute Gasteiger partial charge is 0.255 e. The molecule has 14 nitrogen and oxygen atoms in total. The molecule has 3 unspecified atom stereocenters. The molecule has 2 bridgehead atoms. The maximum Gasteiger partial charge on any atom is 0.255 e. The van der Waals surface area contributed by atoms with Crippen LogP contribution in [0.15, 0.2) is 85.1 Å². The van der Waals surface area contributed by atoms with E-state index in [1.165, 1.54) is 18.4 Å². The molecule has 3 N–H and O–H groups in total. The van der Waals surface area contributed by atoms with E-state index in [0.717, 1.165) is 62.9 Å². The summed E-state index contributed by atoms with van der Waals surface area (Å²) in [5.41, 5.74) is 6.21. The summed E-state index contributed by atoms with van der Waals surface area (Å²) < 4.78 is 17.2. The molecule has 1 heterocycles. The highest BCUT2D eigenvalue weighted by atomic mass is 16.5. The van der Waals surface area contributed by atoms with E-state index in [4.69, 9.17) is 19.2 Å². The van der Waals surface area contributed by atoms with Crippen LogP contribution >= 0.6 is 0 Å². The van der Waals surface area contributed by atoms with Gasteiger partial charge in [-0.1, -0.05) is 44.2 Å². The van der Waals surface area contributed by atoms with Gasteiger partial charge in [0, 0.05) is 85.9 Å². The first-order valence-corrected chi connectivity index (χ1v) is 26.5. The van der Waals surface area contributed by atoms with E-state index in [1.807, 2.05) is 37.4 Å². The van der Waals surface area contributed by atoms with Crippen LogP contribution in [0.5, 0.6) is 0 Å². The molecule has 4 aromatic rings. The number of carbonyl (C=O) groups excluding carboxylic acids is 4. The monoisotopic (exact) mass is 986 g/mol. The van der Waals surface area contributed by atoms with Crippen LogP contribution in [0, 0.1) is 23.2 Å². The van der Waals surface area contributed by atoms with Gasteiger partial charge in [0.15, 0.2) is 0 Å². The number of aryl methyl sites for hydroxylation is 1. The SMILES string of the molecule is CCN(CC)c1ccc(NC(=O)c2cccc(C(=O)N(C)CCN(C)CCOCCOCCOCCNC(=O)C34CC(C)CC(CC(C)C3)C4)c2)c(-c2cc(C(=O)NC3CCCc4ccccc43)ccn2)c1. The molecular weight excluding hydrogens is 907 g/mol. The molecule has 388 valence electrons. The minimum Gasteiger partial charge on any atom is -0.378 e. The summed E-state index contributed by atoms with van der Waals surface area (Å²) in [7, 11) is 3.75. The molecule has 0 aliphatic heterocycles. The molecule has 72 heavy (non-hydrogen) atoms. The summed E-state index contributed by atoms with van der Waals surface area (Å²) in [6.45, 7) is 15.5. The molecular formula is C58H79N7O7. The van der Waals surface area contributed by atoms with Crippen molar-refractivity contribution in [1.82, 2.24) is 25.4 Å². The summed E-state index contributed by atoms with van der Waals surface area (Å²) in [4.78, 5) is 65.2. The number of hydrogen-bond donors (Lipinski definition) is 3. The van der Waals surface area contributed by atoms with E-state index in [2.05, 4.69) is 65.6 Å². The van der Waals surface area contributed by atoms with Gasteiger partial charge in [-0.25, -0.2) is 0 Å². The lowest BCUT2D eigenvalue weighted by Crippen LogP contribution is -2.50. The molecule has 1 aromatic heterocycles. The number of fused-ring (bicyclic) bond motifs is 3. The minimum absolute atomic E-state index is 0.0672. The molecule has 3 aromatic carbocycles. The maximum absolute atomic E-state index is 14.0. The summed E-state index contributed by atoms with van der Waals surface area (Å²) in [6, 6.07) is 24.3. The Morgan fingerprint density at radius 2 is 1.42 bits per heavy atom. The molecule has 0 spiro atoms. The third-order valence-corrected chi connectivity index (χ3v) is 14.9. The first-order chi connectivity index (χ1) is 34.9. The highest BCUT2D eigenvalue weighted by Gasteiger charge is 2.48. The van der Waals surface area contributed by atoms with E-state index < -0.39 is 0 Å². The van der Waals surface area contributed by atoms with Crippen LogP contribution in [0.3, 0.4) is 0 Å². The van der Waals surface area contributed by atoms with E-state index in [0.29, 0.717) is 117 Å².